The molecule has 1 aliphatic rings. The van der Waals surface area contributed by atoms with Crippen molar-refractivity contribution < 1.29 is 4.74 Å². The van der Waals surface area contributed by atoms with Crippen LogP contribution in [-0.4, -0.2) is 19.2 Å². The van der Waals surface area contributed by atoms with Crippen LogP contribution in [0.3, 0.4) is 0 Å². The van der Waals surface area contributed by atoms with E-state index in [-0.39, 0.29) is 0 Å². The van der Waals surface area contributed by atoms with E-state index in [0.717, 1.165) is 19.5 Å². The molecule has 2 nitrogen and oxygen atoms in total. The SMILES string of the molecule is C[C@@H]1C(Cc2ccccc2)CNCC1OCc1ccccc1. The minimum Gasteiger partial charge on any atom is -0.372 e. The van der Waals surface area contributed by atoms with Crippen LogP contribution in [0, 0.1) is 11.8 Å². The summed E-state index contributed by atoms with van der Waals surface area (Å²) in [7, 11) is 0. The highest BCUT2D eigenvalue weighted by atomic mass is 16.5. The fourth-order valence-corrected chi connectivity index (χ4v) is 3.25. The summed E-state index contributed by atoms with van der Waals surface area (Å²) in [6.07, 6.45) is 1.42. The zero-order valence-corrected chi connectivity index (χ0v) is 13.2. The summed E-state index contributed by atoms with van der Waals surface area (Å²) in [5.74, 6) is 1.21. The van der Waals surface area contributed by atoms with Gasteiger partial charge in [0.25, 0.3) is 0 Å². The zero-order valence-electron chi connectivity index (χ0n) is 13.2. The van der Waals surface area contributed by atoms with Crippen molar-refractivity contribution in [3.05, 3.63) is 71.8 Å². The Balaban J connectivity index is 1.56. The molecule has 1 aliphatic heterocycles. The Morgan fingerprint density at radius 3 is 2.23 bits per heavy atom. The molecule has 0 aliphatic carbocycles. The predicted molar refractivity (Wildman–Crippen MR) is 90.7 cm³/mol. The molecule has 0 aromatic heterocycles. The fourth-order valence-electron chi connectivity index (χ4n) is 3.25. The van der Waals surface area contributed by atoms with Crippen molar-refractivity contribution >= 4 is 0 Å². The van der Waals surface area contributed by atoms with Crippen molar-refractivity contribution in [3.63, 3.8) is 0 Å². The molecule has 0 amide bonds. The third kappa shape index (κ3) is 3.96. The minimum atomic E-state index is 0.294. The Hall–Kier alpha value is -1.64. The quantitative estimate of drug-likeness (QED) is 0.908. The standard InChI is InChI=1S/C20H25NO/c1-16-19(12-17-8-4-2-5-9-17)13-21-14-20(16)22-15-18-10-6-3-7-11-18/h2-11,16,19-21H,12-15H2,1H3/t16-,19?,20?/m1/s1. The van der Waals surface area contributed by atoms with Gasteiger partial charge in [-0.05, 0) is 35.9 Å². The lowest BCUT2D eigenvalue weighted by Crippen LogP contribution is -2.47. The predicted octanol–water partition coefficient (Wildman–Crippen LogP) is 3.67. The summed E-state index contributed by atoms with van der Waals surface area (Å²) < 4.78 is 6.19. The van der Waals surface area contributed by atoms with Crippen molar-refractivity contribution in [2.45, 2.75) is 26.1 Å². The number of piperidine rings is 1. The summed E-state index contributed by atoms with van der Waals surface area (Å²) in [4.78, 5) is 0. The summed E-state index contributed by atoms with van der Waals surface area (Å²) in [6, 6.07) is 21.2. The van der Waals surface area contributed by atoms with Gasteiger partial charge in [-0.2, -0.15) is 0 Å². The first kappa shape index (κ1) is 15.3. The van der Waals surface area contributed by atoms with E-state index in [1.54, 1.807) is 0 Å². The van der Waals surface area contributed by atoms with Crippen LogP contribution in [-0.2, 0) is 17.8 Å². The van der Waals surface area contributed by atoms with Gasteiger partial charge < -0.3 is 10.1 Å². The molecule has 0 radical (unpaired) electrons. The third-order valence-electron chi connectivity index (χ3n) is 4.73. The van der Waals surface area contributed by atoms with Crippen LogP contribution in [0.2, 0.25) is 0 Å². The van der Waals surface area contributed by atoms with E-state index in [9.17, 15) is 0 Å². The number of nitrogens with one attached hydrogen (secondary N) is 1. The maximum Gasteiger partial charge on any atom is 0.0732 e. The normalized spacial score (nSPS) is 25.0. The summed E-state index contributed by atoms with van der Waals surface area (Å²) >= 11 is 0. The van der Waals surface area contributed by atoms with Gasteiger partial charge in [-0.15, -0.1) is 0 Å². The molecule has 2 aromatic carbocycles. The van der Waals surface area contributed by atoms with Gasteiger partial charge in [-0.25, -0.2) is 0 Å². The summed E-state index contributed by atoms with van der Waals surface area (Å²) in [5, 5.41) is 3.55. The van der Waals surface area contributed by atoms with Gasteiger partial charge in [0.05, 0.1) is 12.7 Å². The second kappa shape index (κ2) is 7.57. The molecule has 116 valence electrons. The molecule has 0 saturated carbocycles. The van der Waals surface area contributed by atoms with E-state index >= 15 is 0 Å². The molecule has 3 atom stereocenters. The lowest BCUT2D eigenvalue weighted by Gasteiger charge is -2.36. The summed E-state index contributed by atoms with van der Waals surface area (Å²) in [6.45, 7) is 5.08. The Labute approximate surface area is 133 Å². The Bertz CT molecular complexity index is 554. The van der Waals surface area contributed by atoms with E-state index in [2.05, 4.69) is 66.8 Å². The van der Waals surface area contributed by atoms with Gasteiger partial charge in [0.2, 0.25) is 0 Å². The number of rotatable bonds is 5. The molecular weight excluding hydrogens is 270 g/mol. The van der Waals surface area contributed by atoms with Gasteiger partial charge in [0.15, 0.2) is 0 Å². The molecule has 0 bridgehead atoms. The van der Waals surface area contributed by atoms with E-state index in [1.165, 1.54) is 11.1 Å². The van der Waals surface area contributed by atoms with E-state index in [1.807, 2.05) is 6.07 Å². The fraction of sp³-hybridized carbons (Fsp3) is 0.400. The molecule has 22 heavy (non-hydrogen) atoms. The maximum absolute atomic E-state index is 6.19. The van der Waals surface area contributed by atoms with Gasteiger partial charge in [0, 0.05) is 6.54 Å². The molecule has 1 heterocycles. The van der Waals surface area contributed by atoms with Gasteiger partial charge in [0.1, 0.15) is 0 Å². The number of hydrogen-bond donors (Lipinski definition) is 1. The highest BCUT2D eigenvalue weighted by Crippen LogP contribution is 2.25. The van der Waals surface area contributed by atoms with Gasteiger partial charge >= 0.3 is 0 Å². The lowest BCUT2D eigenvalue weighted by molar-refractivity contribution is -0.0264. The number of ether oxygens (including phenoxy) is 1. The van der Waals surface area contributed by atoms with Crippen LogP contribution < -0.4 is 5.32 Å². The molecule has 1 fully saturated rings. The Morgan fingerprint density at radius 1 is 0.909 bits per heavy atom. The highest BCUT2D eigenvalue weighted by molar-refractivity contribution is 5.16. The highest BCUT2D eigenvalue weighted by Gasteiger charge is 2.30. The maximum atomic E-state index is 6.19. The topological polar surface area (TPSA) is 21.3 Å². The second-order valence-corrected chi connectivity index (χ2v) is 6.30. The van der Waals surface area contributed by atoms with Crippen molar-refractivity contribution in [2.24, 2.45) is 11.8 Å². The van der Waals surface area contributed by atoms with Gasteiger partial charge in [-0.1, -0.05) is 67.6 Å². The summed E-state index contributed by atoms with van der Waals surface area (Å²) in [5.41, 5.74) is 2.67. The number of benzene rings is 2. The van der Waals surface area contributed by atoms with Crippen molar-refractivity contribution in [3.8, 4) is 0 Å². The van der Waals surface area contributed by atoms with Crippen molar-refractivity contribution in [1.82, 2.24) is 5.32 Å². The molecule has 1 N–H and O–H groups in total. The van der Waals surface area contributed by atoms with Gasteiger partial charge in [-0.3, -0.25) is 0 Å². The zero-order chi connectivity index (χ0) is 15.2. The van der Waals surface area contributed by atoms with E-state index in [4.69, 9.17) is 4.74 Å². The van der Waals surface area contributed by atoms with Crippen LogP contribution in [0.5, 0.6) is 0 Å². The molecular formula is C20H25NO. The van der Waals surface area contributed by atoms with Crippen molar-refractivity contribution in [2.75, 3.05) is 13.1 Å². The van der Waals surface area contributed by atoms with Crippen LogP contribution in [0.4, 0.5) is 0 Å². The van der Waals surface area contributed by atoms with Crippen LogP contribution in [0.15, 0.2) is 60.7 Å². The first-order valence-electron chi connectivity index (χ1n) is 8.23. The van der Waals surface area contributed by atoms with Crippen molar-refractivity contribution in [1.29, 1.82) is 0 Å². The third-order valence-corrected chi connectivity index (χ3v) is 4.73. The average Bonchev–Trinajstić information content (AvgIpc) is 2.58. The molecule has 2 heteroatoms. The van der Waals surface area contributed by atoms with Crippen LogP contribution in [0.25, 0.3) is 0 Å². The molecule has 3 rings (SSSR count). The second-order valence-electron chi connectivity index (χ2n) is 6.30. The first-order valence-corrected chi connectivity index (χ1v) is 8.23. The Kier molecular flexibility index (Phi) is 5.25. The Morgan fingerprint density at radius 2 is 1.55 bits per heavy atom. The lowest BCUT2D eigenvalue weighted by atomic mass is 9.82. The average molecular weight is 295 g/mol. The van der Waals surface area contributed by atoms with Crippen LogP contribution in [0.1, 0.15) is 18.1 Å². The molecule has 1 saturated heterocycles. The van der Waals surface area contributed by atoms with E-state index in [0.29, 0.717) is 24.5 Å². The smallest absolute Gasteiger partial charge is 0.0732 e. The largest absolute Gasteiger partial charge is 0.372 e. The molecule has 0 spiro atoms. The minimum absolute atomic E-state index is 0.294. The first-order chi connectivity index (χ1) is 10.8. The number of hydrogen-bond acceptors (Lipinski definition) is 2. The van der Waals surface area contributed by atoms with Crippen LogP contribution >= 0.6 is 0 Å². The molecule has 2 unspecified atom stereocenters. The molecule has 2 aromatic rings. The van der Waals surface area contributed by atoms with E-state index < -0.39 is 0 Å². The monoisotopic (exact) mass is 295 g/mol.